The average molecular weight is 474 g/mol. The number of nitrogens with zero attached hydrogens (tertiary/aromatic N) is 1. The van der Waals surface area contributed by atoms with Crippen LogP contribution < -0.4 is 20.1 Å². The van der Waals surface area contributed by atoms with E-state index in [-0.39, 0.29) is 6.04 Å². The van der Waals surface area contributed by atoms with Gasteiger partial charge in [-0.25, -0.2) is 9.78 Å². The second-order valence-corrected chi connectivity index (χ2v) is 8.74. The second-order valence-electron chi connectivity index (χ2n) is 8.74. The number of hydrogen-bond donors (Lipinski definition) is 2. The minimum Gasteiger partial charge on any atom is -0.493 e. The zero-order valence-corrected chi connectivity index (χ0v) is 20.8. The minimum absolute atomic E-state index is 0.0539. The summed E-state index contributed by atoms with van der Waals surface area (Å²) >= 11 is 0. The lowest BCUT2D eigenvalue weighted by Crippen LogP contribution is -2.31. The smallest absolute Gasteiger partial charge is 0.407 e. The third-order valence-electron chi connectivity index (χ3n) is 5.69. The highest BCUT2D eigenvalue weighted by atomic mass is 16.5. The number of fused-ring (bicyclic) bond motifs is 2. The molecule has 1 amide bonds. The molecule has 182 valence electrons. The van der Waals surface area contributed by atoms with E-state index in [0.29, 0.717) is 24.5 Å². The van der Waals surface area contributed by atoms with Crippen molar-refractivity contribution < 1.29 is 19.0 Å². The fraction of sp³-hybridized carbons (Fsp3) is 0.286. The summed E-state index contributed by atoms with van der Waals surface area (Å²) < 4.78 is 16.3. The Labute approximate surface area is 205 Å². The van der Waals surface area contributed by atoms with E-state index in [0.717, 1.165) is 44.3 Å². The van der Waals surface area contributed by atoms with Crippen LogP contribution in [0.1, 0.15) is 25.0 Å². The number of ether oxygens (including phenoxy) is 3. The van der Waals surface area contributed by atoms with E-state index in [1.54, 1.807) is 14.2 Å². The van der Waals surface area contributed by atoms with E-state index in [1.165, 1.54) is 0 Å². The summed E-state index contributed by atoms with van der Waals surface area (Å²) in [6, 6.07) is 18.3. The number of methoxy groups -OCH3 is 2. The van der Waals surface area contributed by atoms with E-state index < -0.39 is 6.09 Å². The van der Waals surface area contributed by atoms with Gasteiger partial charge in [-0.2, -0.15) is 0 Å². The van der Waals surface area contributed by atoms with Gasteiger partial charge < -0.3 is 24.8 Å². The normalized spacial score (nSPS) is 11.0. The topological polar surface area (TPSA) is 81.7 Å². The molecule has 1 heterocycles. The largest absolute Gasteiger partial charge is 0.493 e. The predicted octanol–water partition coefficient (Wildman–Crippen LogP) is 6.13. The first-order chi connectivity index (χ1) is 16.9. The summed E-state index contributed by atoms with van der Waals surface area (Å²) in [5.41, 5.74) is 5.84. The number of aryl methyl sites for hydroxylation is 1. The maximum atomic E-state index is 11.7. The number of carbonyl (C=O) groups is 1. The number of nitrogens with one attached hydrogen (secondary N) is 2. The predicted molar refractivity (Wildman–Crippen MR) is 140 cm³/mol. The van der Waals surface area contributed by atoms with Crippen LogP contribution in [0.15, 0.2) is 54.6 Å². The van der Waals surface area contributed by atoms with Crippen LogP contribution in [0.2, 0.25) is 0 Å². The van der Waals surface area contributed by atoms with Crippen LogP contribution in [-0.2, 0) is 11.2 Å². The molecule has 0 spiro atoms. The fourth-order valence-electron chi connectivity index (χ4n) is 3.95. The van der Waals surface area contributed by atoms with Crippen molar-refractivity contribution in [2.24, 2.45) is 0 Å². The van der Waals surface area contributed by atoms with Gasteiger partial charge in [-0.1, -0.05) is 24.3 Å². The Morgan fingerprint density at radius 1 is 0.914 bits per heavy atom. The van der Waals surface area contributed by atoms with E-state index in [2.05, 4.69) is 35.8 Å². The van der Waals surface area contributed by atoms with Gasteiger partial charge in [0, 0.05) is 35.0 Å². The number of carbonyl (C=O) groups excluding carboxylic acids is 1. The molecule has 7 heteroatoms. The molecule has 0 fully saturated rings. The van der Waals surface area contributed by atoms with Crippen LogP contribution in [0, 0.1) is 6.92 Å². The van der Waals surface area contributed by atoms with Gasteiger partial charge >= 0.3 is 6.09 Å². The average Bonchev–Trinajstić information content (AvgIpc) is 2.83. The number of rotatable bonds is 8. The number of benzene rings is 3. The quantitative estimate of drug-likeness (QED) is 0.299. The van der Waals surface area contributed by atoms with E-state index >= 15 is 0 Å². The van der Waals surface area contributed by atoms with Crippen molar-refractivity contribution in [2.75, 3.05) is 26.1 Å². The van der Waals surface area contributed by atoms with Crippen molar-refractivity contribution in [3.8, 4) is 11.5 Å². The van der Waals surface area contributed by atoms with Crippen molar-refractivity contribution in [3.63, 3.8) is 0 Å². The molecule has 0 saturated heterocycles. The Balaban J connectivity index is 1.63. The van der Waals surface area contributed by atoms with Gasteiger partial charge in [-0.3, -0.25) is 0 Å². The highest BCUT2D eigenvalue weighted by Crippen LogP contribution is 2.39. The third kappa shape index (κ3) is 5.57. The van der Waals surface area contributed by atoms with Crippen molar-refractivity contribution >= 4 is 39.3 Å². The van der Waals surface area contributed by atoms with E-state index in [9.17, 15) is 4.79 Å². The number of anilines is 2. The van der Waals surface area contributed by atoms with Gasteiger partial charge in [-0.05, 0) is 56.2 Å². The number of alkyl carbamates (subject to hydrolysis) is 1. The summed E-state index contributed by atoms with van der Waals surface area (Å²) in [6.45, 7) is 6.18. The Morgan fingerprint density at radius 2 is 1.60 bits per heavy atom. The molecule has 35 heavy (non-hydrogen) atoms. The molecule has 4 aromatic rings. The molecule has 0 atom stereocenters. The molecule has 1 aromatic heterocycles. The lowest BCUT2D eigenvalue weighted by atomic mass is 10.0. The molecule has 0 aliphatic rings. The Hall–Kier alpha value is -4.00. The van der Waals surface area contributed by atoms with Crippen LogP contribution in [0.4, 0.5) is 16.2 Å². The summed E-state index contributed by atoms with van der Waals surface area (Å²) in [5.74, 6) is 1.28. The SMILES string of the molecule is COc1cc2nc3cc(C)ccc3c(Nc3ccc(CCOC(=O)NC(C)C)cc3)c2cc1OC. The first-order valence-corrected chi connectivity index (χ1v) is 11.6. The van der Waals surface area contributed by atoms with Gasteiger partial charge in [0.05, 0.1) is 37.5 Å². The number of aromatic nitrogens is 1. The number of amides is 1. The Bertz CT molecular complexity index is 1350. The molecule has 7 nitrogen and oxygen atoms in total. The molecule has 0 saturated carbocycles. The fourth-order valence-corrected chi connectivity index (χ4v) is 3.95. The van der Waals surface area contributed by atoms with Crippen molar-refractivity contribution in [2.45, 2.75) is 33.2 Å². The molecule has 3 aromatic carbocycles. The lowest BCUT2D eigenvalue weighted by Gasteiger charge is -2.16. The van der Waals surface area contributed by atoms with Gasteiger partial charge in [-0.15, -0.1) is 0 Å². The first-order valence-electron chi connectivity index (χ1n) is 11.6. The van der Waals surface area contributed by atoms with Crippen LogP contribution in [0.25, 0.3) is 21.8 Å². The maximum Gasteiger partial charge on any atom is 0.407 e. The summed E-state index contributed by atoms with van der Waals surface area (Å²) in [5, 5.41) is 8.27. The Kier molecular flexibility index (Phi) is 7.25. The molecular formula is C28H31N3O4. The lowest BCUT2D eigenvalue weighted by molar-refractivity contribution is 0.145. The van der Waals surface area contributed by atoms with Crippen molar-refractivity contribution in [3.05, 3.63) is 65.7 Å². The standard InChI is InChI=1S/C28H31N3O4/c1-17(2)29-28(32)35-13-12-19-7-9-20(10-8-19)30-27-21-11-6-18(3)14-23(21)31-24-16-26(34-5)25(33-4)15-22(24)27/h6-11,14-17H,12-13H2,1-5H3,(H,29,32)(H,30,31). The Morgan fingerprint density at radius 3 is 2.29 bits per heavy atom. The molecule has 0 aliphatic carbocycles. The van der Waals surface area contributed by atoms with Crippen molar-refractivity contribution in [1.82, 2.24) is 10.3 Å². The summed E-state index contributed by atoms with van der Waals surface area (Å²) in [4.78, 5) is 16.5. The van der Waals surface area contributed by atoms with E-state index in [1.807, 2.05) is 50.2 Å². The van der Waals surface area contributed by atoms with Gasteiger partial charge in [0.2, 0.25) is 0 Å². The molecular weight excluding hydrogens is 442 g/mol. The van der Waals surface area contributed by atoms with Crippen LogP contribution in [0.5, 0.6) is 11.5 Å². The van der Waals surface area contributed by atoms with Gasteiger partial charge in [0.1, 0.15) is 0 Å². The molecule has 0 radical (unpaired) electrons. The zero-order chi connectivity index (χ0) is 24.9. The summed E-state index contributed by atoms with van der Waals surface area (Å²) in [7, 11) is 3.25. The van der Waals surface area contributed by atoms with Gasteiger partial charge in [0.15, 0.2) is 11.5 Å². The van der Waals surface area contributed by atoms with Crippen LogP contribution >= 0.6 is 0 Å². The van der Waals surface area contributed by atoms with Crippen LogP contribution in [0.3, 0.4) is 0 Å². The third-order valence-corrected chi connectivity index (χ3v) is 5.69. The zero-order valence-electron chi connectivity index (χ0n) is 20.8. The summed E-state index contributed by atoms with van der Waals surface area (Å²) in [6.07, 6.45) is 0.250. The molecule has 4 rings (SSSR count). The highest BCUT2D eigenvalue weighted by molar-refractivity contribution is 6.09. The van der Waals surface area contributed by atoms with E-state index in [4.69, 9.17) is 19.2 Å². The van der Waals surface area contributed by atoms with Crippen LogP contribution in [-0.4, -0.2) is 37.9 Å². The second kappa shape index (κ2) is 10.5. The molecule has 0 aliphatic heterocycles. The first kappa shape index (κ1) is 24.1. The minimum atomic E-state index is -0.392. The number of pyridine rings is 1. The molecule has 0 bridgehead atoms. The molecule has 0 unspecified atom stereocenters. The molecule has 2 N–H and O–H groups in total. The maximum absolute atomic E-state index is 11.7. The number of hydrogen-bond acceptors (Lipinski definition) is 6. The van der Waals surface area contributed by atoms with Crippen molar-refractivity contribution in [1.29, 1.82) is 0 Å². The van der Waals surface area contributed by atoms with Gasteiger partial charge in [0.25, 0.3) is 0 Å². The highest BCUT2D eigenvalue weighted by Gasteiger charge is 2.14. The monoisotopic (exact) mass is 473 g/mol.